The molecular formula is C12H9N3O3. The molecule has 0 spiro atoms. The number of Topliss-reactive ketones (excluding diaryl/α,β-unsaturated/α-hetero) is 1. The summed E-state index contributed by atoms with van der Waals surface area (Å²) < 4.78 is 0. The molecule has 1 aromatic rings. The van der Waals surface area contributed by atoms with Gasteiger partial charge in [0.1, 0.15) is 0 Å². The predicted octanol–water partition coefficient (Wildman–Crippen LogP) is 0.542. The van der Waals surface area contributed by atoms with Crippen LogP contribution in [0.3, 0.4) is 0 Å². The van der Waals surface area contributed by atoms with Crippen LogP contribution in [0.1, 0.15) is 27.1 Å². The van der Waals surface area contributed by atoms with Gasteiger partial charge in [0.05, 0.1) is 11.1 Å². The van der Waals surface area contributed by atoms with Crippen molar-refractivity contribution < 1.29 is 19.2 Å². The molecule has 0 bridgehead atoms. The smallest absolute Gasteiger partial charge is 0.323 e. The van der Waals surface area contributed by atoms with Gasteiger partial charge in [-0.3, -0.25) is 19.3 Å². The standard InChI is InChI=1S/C12H9N3O3/c13-14-7-8(16)5-6-15-11(17)9-3-1-2-4-10(9)12(15)18/h1-4,7H,5-6H2. The molecule has 90 valence electrons. The number of amides is 2. The van der Waals surface area contributed by atoms with E-state index in [4.69, 9.17) is 5.53 Å². The van der Waals surface area contributed by atoms with Gasteiger partial charge in [0, 0.05) is 13.0 Å². The van der Waals surface area contributed by atoms with Crippen LogP contribution in [-0.2, 0) is 4.79 Å². The van der Waals surface area contributed by atoms with E-state index in [1.165, 1.54) is 0 Å². The van der Waals surface area contributed by atoms with E-state index in [0.717, 1.165) is 11.1 Å². The van der Waals surface area contributed by atoms with Gasteiger partial charge in [0.15, 0.2) is 0 Å². The third-order valence-corrected chi connectivity index (χ3v) is 2.66. The average Bonchev–Trinajstić information content (AvgIpc) is 2.61. The van der Waals surface area contributed by atoms with Crippen LogP contribution in [0.4, 0.5) is 0 Å². The number of rotatable bonds is 4. The second kappa shape index (κ2) is 4.73. The van der Waals surface area contributed by atoms with Crippen molar-refractivity contribution in [2.75, 3.05) is 6.54 Å². The molecule has 2 rings (SSSR count). The van der Waals surface area contributed by atoms with Crippen molar-refractivity contribution in [1.29, 1.82) is 0 Å². The van der Waals surface area contributed by atoms with Crippen LogP contribution < -0.4 is 0 Å². The lowest BCUT2D eigenvalue weighted by atomic mass is 10.1. The highest BCUT2D eigenvalue weighted by Crippen LogP contribution is 2.22. The lowest BCUT2D eigenvalue weighted by Crippen LogP contribution is -2.32. The highest BCUT2D eigenvalue weighted by molar-refractivity contribution is 6.26. The van der Waals surface area contributed by atoms with Gasteiger partial charge in [-0.15, -0.1) is 0 Å². The Morgan fingerprint density at radius 3 is 2.28 bits per heavy atom. The molecule has 0 aliphatic carbocycles. The summed E-state index contributed by atoms with van der Waals surface area (Å²) in [6, 6.07) is 6.51. The normalized spacial score (nSPS) is 13.2. The minimum Gasteiger partial charge on any atom is -0.361 e. The maximum absolute atomic E-state index is 11.9. The fourth-order valence-corrected chi connectivity index (χ4v) is 1.79. The number of fused-ring (bicyclic) bond motifs is 1. The molecule has 1 aliphatic heterocycles. The van der Waals surface area contributed by atoms with Crippen LogP contribution in [0.5, 0.6) is 0 Å². The SMILES string of the molecule is [N-]=[N+]=CC(=O)CCN1C(=O)c2ccccc2C1=O. The summed E-state index contributed by atoms with van der Waals surface area (Å²) in [5, 5.41) is 0. The number of ketones is 1. The number of nitrogens with zero attached hydrogens (tertiary/aromatic N) is 3. The van der Waals surface area contributed by atoms with Crippen LogP contribution in [0, 0.1) is 0 Å². The number of carbonyl (C=O) groups excluding carboxylic acids is 3. The minimum atomic E-state index is -0.450. The molecular weight excluding hydrogens is 234 g/mol. The predicted molar refractivity (Wildman–Crippen MR) is 61.1 cm³/mol. The summed E-state index contributed by atoms with van der Waals surface area (Å²) in [7, 11) is 0. The van der Waals surface area contributed by atoms with Crippen molar-refractivity contribution in [1.82, 2.24) is 4.90 Å². The number of imide groups is 1. The molecule has 2 amide bonds. The Morgan fingerprint density at radius 2 is 1.78 bits per heavy atom. The maximum atomic E-state index is 11.9. The van der Waals surface area contributed by atoms with E-state index in [0.29, 0.717) is 11.1 Å². The molecule has 0 atom stereocenters. The Labute approximate surface area is 102 Å². The molecule has 0 N–H and O–H groups in total. The zero-order chi connectivity index (χ0) is 13.1. The van der Waals surface area contributed by atoms with Gasteiger partial charge >= 0.3 is 6.21 Å². The van der Waals surface area contributed by atoms with E-state index < -0.39 is 17.6 Å². The van der Waals surface area contributed by atoms with Crippen molar-refractivity contribution >= 4 is 23.8 Å². The molecule has 6 heteroatoms. The zero-order valence-corrected chi connectivity index (χ0v) is 9.37. The third-order valence-electron chi connectivity index (χ3n) is 2.66. The highest BCUT2D eigenvalue weighted by Gasteiger charge is 2.34. The second-order valence-electron chi connectivity index (χ2n) is 3.77. The van der Waals surface area contributed by atoms with Gasteiger partial charge in [0.2, 0.25) is 5.78 Å². The molecule has 0 saturated carbocycles. The lowest BCUT2D eigenvalue weighted by Gasteiger charge is -2.11. The molecule has 1 aromatic carbocycles. The van der Waals surface area contributed by atoms with Crippen LogP contribution in [-0.4, -0.2) is 40.0 Å². The Balaban J connectivity index is 2.14. The number of carbonyl (C=O) groups is 3. The van der Waals surface area contributed by atoms with Crippen molar-refractivity contribution in [3.63, 3.8) is 0 Å². The van der Waals surface area contributed by atoms with Crippen molar-refractivity contribution in [3.8, 4) is 0 Å². The molecule has 18 heavy (non-hydrogen) atoms. The fourth-order valence-electron chi connectivity index (χ4n) is 1.79. The minimum absolute atomic E-state index is 0.0167. The first kappa shape index (κ1) is 11.9. The summed E-state index contributed by atoms with van der Waals surface area (Å²) in [6.45, 7) is -0.0167. The Hall–Kier alpha value is -2.59. The summed E-state index contributed by atoms with van der Waals surface area (Å²) in [5.74, 6) is -1.25. The molecule has 6 nitrogen and oxygen atoms in total. The van der Waals surface area contributed by atoms with E-state index in [1.807, 2.05) is 0 Å². The first-order valence-corrected chi connectivity index (χ1v) is 5.30. The zero-order valence-electron chi connectivity index (χ0n) is 9.37. The monoisotopic (exact) mass is 243 g/mol. The van der Waals surface area contributed by atoms with Crippen LogP contribution in [0.15, 0.2) is 24.3 Å². The molecule has 1 aliphatic rings. The van der Waals surface area contributed by atoms with E-state index in [2.05, 4.69) is 4.79 Å². The highest BCUT2D eigenvalue weighted by atomic mass is 16.2. The topological polar surface area (TPSA) is 90.8 Å². The Kier molecular flexibility index (Phi) is 3.12. The largest absolute Gasteiger partial charge is 0.361 e. The molecule has 1 heterocycles. The summed E-state index contributed by atoms with van der Waals surface area (Å²) in [6.07, 6.45) is 0.688. The molecule has 0 radical (unpaired) electrons. The summed E-state index contributed by atoms with van der Waals surface area (Å²) in [4.78, 5) is 38.5. The molecule has 0 unspecified atom stereocenters. The van der Waals surface area contributed by atoms with Crippen LogP contribution in [0.25, 0.3) is 5.53 Å². The first-order valence-electron chi connectivity index (χ1n) is 5.30. The van der Waals surface area contributed by atoms with Gasteiger partial charge in [-0.2, -0.15) is 4.79 Å². The van der Waals surface area contributed by atoms with Crippen molar-refractivity contribution in [2.24, 2.45) is 0 Å². The van der Waals surface area contributed by atoms with E-state index >= 15 is 0 Å². The van der Waals surface area contributed by atoms with Gasteiger partial charge in [-0.1, -0.05) is 12.1 Å². The number of hydrogen-bond donors (Lipinski definition) is 0. The van der Waals surface area contributed by atoms with E-state index in [-0.39, 0.29) is 13.0 Å². The van der Waals surface area contributed by atoms with Crippen molar-refractivity contribution in [2.45, 2.75) is 6.42 Å². The molecule has 0 aromatic heterocycles. The van der Waals surface area contributed by atoms with Crippen molar-refractivity contribution in [3.05, 3.63) is 40.9 Å². The fraction of sp³-hybridized carbons (Fsp3) is 0.167. The average molecular weight is 243 g/mol. The van der Waals surface area contributed by atoms with Crippen LogP contribution >= 0.6 is 0 Å². The molecule has 0 saturated heterocycles. The first-order chi connectivity index (χ1) is 8.65. The van der Waals surface area contributed by atoms with E-state index in [9.17, 15) is 14.4 Å². The second-order valence-corrected chi connectivity index (χ2v) is 3.77. The van der Waals surface area contributed by atoms with Gasteiger partial charge < -0.3 is 5.53 Å². The van der Waals surface area contributed by atoms with E-state index in [1.54, 1.807) is 24.3 Å². The van der Waals surface area contributed by atoms with Crippen LogP contribution in [0.2, 0.25) is 0 Å². The van der Waals surface area contributed by atoms with Gasteiger partial charge in [0.25, 0.3) is 11.8 Å². The molecule has 0 fully saturated rings. The van der Waals surface area contributed by atoms with Gasteiger partial charge in [-0.05, 0) is 12.1 Å². The third kappa shape index (κ3) is 1.97. The Bertz CT molecular complexity index is 553. The summed E-state index contributed by atoms with van der Waals surface area (Å²) >= 11 is 0. The van der Waals surface area contributed by atoms with Gasteiger partial charge in [-0.25, -0.2) is 0 Å². The lowest BCUT2D eigenvalue weighted by molar-refractivity contribution is -0.116. The Morgan fingerprint density at radius 1 is 1.22 bits per heavy atom. The summed E-state index contributed by atoms with van der Waals surface area (Å²) in [5.41, 5.74) is 8.88. The maximum Gasteiger partial charge on any atom is 0.323 e. The number of benzene rings is 1. The quantitative estimate of drug-likeness (QED) is 0.334. The number of hydrogen-bond acceptors (Lipinski definition) is 3.